The van der Waals surface area contributed by atoms with Crippen LogP contribution in [-0.2, 0) is 9.59 Å². The molecule has 0 spiro atoms. The summed E-state index contributed by atoms with van der Waals surface area (Å²) in [5.41, 5.74) is 5.35. The summed E-state index contributed by atoms with van der Waals surface area (Å²) >= 11 is 3.99. The van der Waals surface area contributed by atoms with Gasteiger partial charge in [0.25, 0.3) is 0 Å². The molecule has 2 amide bonds. The number of unbranched alkanes of at least 4 members (excludes halogenated alkanes) is 1. The van der Waals surface area contributed by atoms with Gasteiger partial charge in [0.05, 0.1) is 0 Å². The molecule has 0 aromatic heterocycles. The van der Waals surface area contributed by atoms with E-state index in [2.05, 4.69) is 23.3 Å². The average Bonchev–Trinajstić information content (AvgIpc) is 2.23. The first-order chi connectivity index (χ1) is 7.19. The number of carbonyl (C=O) groups excluding carboxylic acids is 2. The fourth-order valence-corrected chi connectivity index (χ4v) is 1.76. The maximum atomic E-state index is 11.5. The maximum absolute atomic E-state index is 11.5. The molecule has 0 bridgehead atoms. The number of hydrogen-bond acceptors (Lipinski definition) is 4. The zero-order valence-corrected chi connectivity index (χ0v) is 9.43. The van der Waals surface area contributed by atoms with Crippen LogP contribution in [0.3, 0.4) is 0 Å². The molecule has 1 saturated heterocycles. The number of hydrogen-bond donors (Lipinski definition) is 4. The minimum absolute atomic E-state index is 0.120. The Labute approximate surface area is 94.6 Å². The van der Waals surface area contributed by atoms with Gasteiger partial charge in [0.15, 0.2) is 0 Å². The molecule has 86 valence electrons. The Morgan fingerprint density at radius 1 is 1.13 bits per heavy atom. The van der Waals surface area contributed by atoms with Crippen molar-refractivity contribution in [3.63, 3.8) is 0 Å². The number of carbonyl (C=O) groups is 2. The number of nitrogens with two attached hydrogens (primary N) is 1. The van der Waals surface area contributed by atoms with Crippen LogP contribution < -0.4 is 16.4 Å². The van der Waals surface area contributed by atoms with Gasteiger partial charge in [-0.15, -0.1) is 0 Å². The second-order valence-corrected chi connectivity index (χ2v) is 3.95. The van der Waals surface area contributed by atoms with Gasteiger partial charge in [-0.3, -0.25) is 9.59 Å². The minimum atomic E-state index is -0.494. The summed E-state index contributed by atoms with van der Waals surface area (Å²) in [5, 5.41) is 5.32. The Morgan fingerprint density at radius 3 is 2.33 bits per heavy atom. The monoisotopic (exact) mass is 231 g/mol. The van der Waals surface area contributed by atoms with Crippen molar-refractivity contribution in [3.8, 4) is 0 Å². The van der Waals surface area contributed by atoms with Crippen molar-refractivity contribution in [2.24, 2.45) is 5.73 Å². The van der Waals surface area contributed by atoms with Gasteiger partial charge in [-0.2, -0.15) is 12.6 Å². The lowest BCUT2D eigenvalue weighted by atomic mass is 10.1. The van der Waals surface area contributed by atoms with Crippen molar-refractivity contribution in [1.29, 1.82) is 0 Å². The smallest absolute Gasteiger partial charge is 0.244 e. The van der Waals surface area contributed by atoms with Crippen molar-refractivity contribution in [2.75, 3.05) is 12.3 Å². The molecule has 0 aliphatic carbocycles. The molecule has 1 rings (SSSR count). The molecule has 0 aromatic rings. The van der Waals surface area contributed by atoms with Crippen LogP contribution in [0.4, 0.5) is 0 Å². The van der Waals surface area contributed by atoms with Gasteiger partial charge >= 0.3 is 0 Å². The van der Waals surface area contributed by atoms with Crippen molar-refractivity contribution in [1.82, 2.24) is 10.6 Å². The third-order valence-corrected chi connectivity index (χ3v) is 2.76. The van der Waals surface area contributed by atoms with Gasteiger partial charge in [-0.05, 0) is 25.8 Å². The molecular formula is C9H17N3O2S. The highest BCUT2D eigenvalue weighted by molar-refractivity contribution is 7.80. The van der Waals surface area contributed by atoms with Gasteiger partial charge in [0.2, 0.25) is 11.8 Å². The summed E-state index contributed by atoms with van der Waals surface area (Å²) in [5.74, 6) is 0.0561. The molecule has 1 unspecified atom stereocenters. The van der Waals surface area contributed by atoms with E-state index in [9.17, 15) is 9.59 Å². The van der Waals surface area contributed by atoms with E-state index < -0.39 is 12.1 Å². The SMILES string of the molecule is NCCCCC1NC(=O)[C@H](CS)NC1=O. The Morgan fingerprint density at radius 2 is 1.73 bits per heavy atom. The lowest BCUT2D eigenvalue weighted by molar-refractivity contribution is -0.136. The van der Waals surface area contributed by atoms with Crippen molar-refractivity contribution >= 4 is 24.4 Å². The molecule has 5 nitrogen and oxygen atoms in total. The fraction of sp³-hybridized carbons (Fsp3) is 0.778. The quantitative estimate of drug-likeness (QED) is 0.363. The van der Waals surface area contributed by atoms with E-state index in [1.54, 1.807) is 0 Å². The number of nitrogens with one attached hydrogen (secondary N) is 2. The molecule has 1 fully saturated rings. The van der Waals surface area contributed by atoms with Crippen LogP contribution in [0.1, 0.15) is 19.3 Å². The third kappa shape index (κ3) is 3.39. The number of piperazine rings is 1. The first-order valence-electron chi connectivity index (χ1n) is 5.10. The second kappa shape index (κ2) is 5.97. The third-order valence-electron chi connectivity index (χ3n) is 2.40. The molecule has 15 heavy (non-hydrogen) atoms. The first kappa shape index (κ1) is 12.3. The van der Waals surface area contributed by atoms with Gasteiger partial charge in [-0.25, -0.2) is 0 Å². The molecule has 1 heterocycles. The normalized spacial score (nSPS) is 26.0. The second-order valence-electron chi connectivity index (χ2n) is 3.59. The van der Waals surface area contributed by atoms with Crippen LogP contribution in [0.2, 0.25) is 0 Å². The van der Waals surface area contributed by atoms with Crippen LogP contribution in [-0.4, -0.2) is 36.2 Å². The molecule has 6 heteroatoms. The van der Waals surface area contributed by atoms with Crippen molar-refractivity contribution in [3.05, 3.63) is 0 Å². The van der Waals surface area contributed by atoms with Crippen molar-refractivity contribution in [2.45, 2.75) is 31.3 Å². The molecule has 1 aliphatic heterocycles. The molecule has 4 N–H and O–H groups in total. The molecule has 1 aliphatic rings. The van der Waals surface area contributed by atoms with Crippen molar-refractivity contribution < 1.29 is 9.59 Å². The highest BCUT2D eigenvalue weighted by Crippen LogP contribution is 2.06. The average molecular weight is 231 g/mol. The van der Waals surface area contributed by atoms with E-state index in [1.165, 1.54) is 0 Å². The molecule has 0 saturated carbocycles. The highest BCUT2D eigenvalue weighted by atomic mass is 32.1. The molecular weight excluding hydrogens is 214 g/mol. The summed E-state index contributed by atoms with van der Waals surface area (Å²) < 4.78 is 0. The van der Waals surface area contributed by atoms with E-state index >= 15 is 0 Å². The Kier molecular flexibility index (Phi) is 4.90. The minimum Gasteiger partial charge on any atom is -0.342 e. The zero-order valence-electron chi connectivity index (χ0n) is 8.53. The number of thiol groups is 1. The predicted molar refractivity (Wildman–Crippen MR) is 60.6 cm³/mol. The summed E-state index contributed by atoms with van der Waals surface area (Å²) in [6, 6.07) is -0.897. The summed E-state index contributed by atoms with van der Waals surface area (Å²) in [6.45, 7) is 0.613. The number of rotatable bonds is 5. The fourth-order valence-electron chi connectivity index (χ4n) is 1.50. The predicted octanol–water partition coefficient (Wildman–Crippen LogP) is -0.972. The standard InChI is InChI=1S/C9H17N3O2S/c10-4-2-1-3-6-8(13)12-7(5-15)9(14)11-6/h6-7,15H,1-5,10H2,(H,11,14)(H,12,13)/t6?,7-/m0/s1. The molecule has 2 atom stereocenters. The van der Waals surface area contributed by atoms with Gasteiger partial charge in [0, 0.05) is 5.75 Å². The number of amides is 2. The summed E-state index contributed by atoms with van der Waals surface area (Å²) in [6.07, 6.45) is 2.37. The topological polar surface area (TPSA) is 84.2 Å². The van der Waals surface area contributed by atoms with Crippen LogP contribution in [0.5, 0.6) is 0 Å². The van der Waals surface area contributed by atoms with Crippen LogP contribution >= 0.6 is 12.6 Å². The van der Waals surface area contributed by atoms with E-state index in [1.807, 2.05) is 0 Å². The molecule has 0 radical (unpaired) electrons. The Balaban J connectivity index is 2.41. The van der Waals surface area contributed by atoms with E-state index in [4.69, 9.17) is 5.73 Å². The van der Waals surface area contributed by atoms with Crippen LogP contribution in [0.25, 0.3) is 0 Å². The highest BCUT2D eigenvalue weighted by Gasteiger charge is 2.31. The Bertz CT molecular complexity index is 248. The largest absolute Gasteiger partial charge is 0.342 e. The van der Waals surface area contributed by atoms with Gasteiger partial charge in [0.1, 0.15) is 12.1 Å². The van der Waals surface area contributed by atoms with Crippen LogP contribution in [0, 0.1) is 0 Å². The zero-order chi connectivity index (χ0) is 11.3. The molecule has 0 aromatic carbocycles. The van der Waals surface area contributed by atoms with E-state index in [-0.39, 0.29) is 11.8 Å². The lowest BCUT2D eigenvalue weighted by Crippen LogP contribution is -2.62. The van der Waals surface area contributed by atoms with Crippen LogP contribution in [0.15, 0.2) is 0 Å². The summed E-state index contributed by atoms with van der Waals surface area (Å²) in [4.78, 5) is 22.9. The van der Waals surface area contributed by atoms with E-state index in [0.29, 0.717) is 18.7 Å². The van der Waals surface area contributed by atoms with Gasteiger partial charge < -0.3 is 16.4 Å². The van der Waals surface area contributed by atoms with Gasteiger partial charge in [-0.1, -0.05) is 0 Å². The van der Waals surface area contributed by atoms with E-state index in [0.717, 1.165) is 12.8 Å². The summed E-state index contributed by atoms with van der Waals surface area (Å²) in [7, 11) is 0. The maximum Gasteiger partial charge on any atom is 0.244 e. The Hall–Kier alpha value is -0.750. The first-order valence-corrected chi connectivity index (χ1v) is 5.74. The lowest BCUT2D eigenvalue weighted by Gasteiger charge is -2.28.